The summed E-state index contributed by atoms with van der Waals surface area (Å²) in [5, 5.41) is 0.330. The molecule has 1 aliphatic rings. The van der Waals surface area contributed by atoms with Gasteiger partial charge in [0, 0.05) is 15.1 Å². The molecule has 0 saturated heterocycles. The molecule has 13 heteroatoms. The number of hydrogen-bond donors (Lipinski definition) is 0. The highest BCUT2D eigenvalue weighted by Crippen LogP contribution is 2.39. The predicted octanol–water partition coefficient (Wildman–Crippen LogP) is 6.08. The molecule has 1 aromatic heterocycles. The van der Waals surface area contributed by atoms with Crippen molar-refractivity contribution >= 4 is 66.8 Å². The number of esters is 1. The molecule has 204 valence electrons. The smallest absolute Gasteiger partial charge is 0.434 e. The van der Waals surface area contributed by atoms with E-state index in [2.05, 4.69) is 43.4 Å². The Labute approximate surface area is 246 Å². The van der Waals surface area contributed by atoms with Gasteiger partial charge in [0.25, 0.3) is 5.56 Å². The number of alkyl halides is 3. The largest absolute Gasteiger partial charge is 0.488 e. The van der Waals surface area contributed by atoms with Crippen molar-refractivity contribution in [2.75, 3.05) is 13.2 Å². The molecule has 0 fully saturated rings. The van der Waals surface area contributed by atoms with Crippen LogP contribution in [0, 0.1) is 0 Å². The zero-order valence-electron chi connectivity index (χ0n) is 20.0. The maximum atomic E-state index is 14.2. The number of carbonyl (C=O) groups is 1. The van der Waals surface area contributed by atoms with Crippen LogP contribution >= 0.6 is 54.8 Å². The van der Waals surface area contributed by atoms with Crippen molar-refractivity contribution in [1.29, 1.82) is 0 Å². The van der Waals surface area contributed by atoms with E-state index in [9.17, 15) is 22.8 Å². The first-order valence-electron chi connectivity index (χ1n) is 11.2. The van der Waals surface area contributed by atoms with Gasteiger partial charge in [-0.25, -0.2) is 9.79 Å². The SMILES string of the molecule is C=CCOc1c(Br)cc(Br)cc1/C=c1\sc2n(c1=O)[C@H](c1ccc(Cl)cc1)C(C(=O)OCC)=C(C(F)(F)F)N=2. The molecule has 0 saturated carbocycles. The van der Waals surface area contributed by atoms with Gasteiger partial charge < -0.3 is 9.47 Å². The van der Waals surface area contributed by atoms with Crippen LogP contribution in [0.5, 0.6) is 5.75 Å². The van der Waals surface area contributed by atoms with Crippen molar-refractivity contribution in [3.63, 3.8) is 0 Å². The van der Waals surface area contributed by atoms with Crippen LogP contribution in [0.25, 0.3) is 6.08 Å². The van der Waals surface area contributed by atoms with E-state index in [0.29, 0.717) is 25.3 Å². The zero-order valence-corrected chi connectivity index (χ0v) is 24.8. The van der Waals surface area contributed by atoms with Crippen LogP contribution in [-0.4, -0.2) is 29.9 Å². The molecular weight excluding hydrogens is 689 g/mol. The van der Waals surface area contributed by atoms with Gasteiger partial charge in [-0.2, -0.15) is 13.2 Å². The van der Waals surface area contributed by atoms with Crippen molar-refractivity contribution in [2.24, 2.45) is 4.99 Å². The Kier molecular flexibility index (Phi) is 8.89. The average molecular weight is 707 g/mol. The molecule has 2 aromatic carbocycles. The normalized spacial score (nSPS) is 15.6. The Balaban J connectivity index is 2.05. The van der Waals surface area contributed by atoms with Gasteiger partial charge in [-0.3, -0.25) is 9.36 Å². The molecule has 39 heavy (non-hydrogen) atoms. The monoisotopic (exact) mass is 704 g/mol. The second-order valence-electron chi connectivity index (χ2n) is 8.02. The molecule has 1 aliphatic heterocycles. The second kappa shape index (κ2) is 11.8. The van der Waals surface area contributed by atoms with Crippen LogP contribution in [0.4, 0.5) is 13.2 Å². The molecule has 0 unspecified atom stereocenters. The molecular formula is C26H18Br2ClF3N2O4S. The van der Waals surface area contributed by atoms with Crippen LogP contribution in [0.3, 0.4) is 0 Å². The summed E-state index contributed by atoms with van der Waals surface area (Å²) in [6.07, 6.45) is -1.95. The number of fused-ring (bicyclic) bond motifs is 1. The van der Waals surface area contributed by atoms with Crippen molar-refractivity contribution in [2.45, 2.75) is 19.1 Å². The molecule has 0 spiro atoms. The summed E-state index contributed by atoms with van der Waals surface area (Å²) in [6.45, 7) is 5.11. The van der Waals surface area contributed by atoms with E-state index in [1.54, 1.807) is 18.2 Å². The van der Waals surface area contributed by atoms with Crippen molar-refractivity contribution in [3.8, 4) is 5.75 Å². The van der Waals surface area contributed by atoms with Crippen molar-refractivity contribution < 1.29 is 27.4 Å². The first kappa shape index (κ1) is 29.3. The van der Waals surface area contributed by atoms with Gasteiger partial charge in [0.05, 0.1) is 27.2 Å². The average Bonchev–Trinajstić information content (AvgIpc) is 3.17. The fourth-order valence-electron chi connectivity index (χ4n) is 3.92. The van der Waals surface area contributed by atoms with Crippen molar-refractivity contribution in [1.82, 2.24) is 4.57 Å². The Bertz CT molecular complexity index is 1660. The van der Waals surface area contributed by atoms with E-state index in [1.807, 2.05) is 0 Å². The lowest BCUT2D eigenvalue weighted by Gasteiger charge is -2.26. The fraction of sp³-hybridized carbons (Fsp3) is 0.192. The summed E-state index contributed by atoms with van der Waals surface area (Å²) in [5.41, 5.74) is -2.15. The number of ether oxygens (including phenoxy) is 2. The fourth-order valence-corrected chi connectivity index (χ4v) is 6.41. The molecule has 1 atom stereocenters. The number of allylic oxidation sites excluding steroid dienone is 1. The van der Waals surface area contributed by atoms with Gasteiger partial charge in [-0.1, -0.05) is 63.7 Å². The van der Waals surface area contributed by atoms with Crippen LogP contribution in [-0.2, 0) is 9.53 Å². The molecule has 6 nitrogen and oxygen atoms in total. The quantitative estimate of drug-likeness (QED) is 0.221. The summed E-state index contributed by atoms with van der Waals surface area (Å²) >= 11 is 13.6. The van der Waals surface area contributed by atoms with E-state index in [4.69, 9.17) is 21.1 Å². The minimum Gasteiger partial charge on any atom is -0.488 e. The van der Waals surface area contributed by atoms with E-state index in [-0.39, 0.29) is 28.1 Å². The lowest BCUT2D eigenvalue weighted by molar-refractivity contribution is -0.140. The lowest BCUT2D eigenvalue weighted by Crippen LogP contribution is -2.41. The number of benzene rings is 2. The van der Waals surface area contributed by atoms with E-state index in [0.717, 1.165) is 15.9 Å². The summed E-state index contributed by atoms with van der Waals surface area (Å²) in [7, 11) is 0. The molecule has 4 rings (SSSR count). The maximum Gasteiger partial charge on any atom is 0.434 e. The zero-order chi connectivity index (χ0) is 28.5. The number of aromatic nitrogens is 1. The summed E-state index contributed by atoms with van der Waals surface area (Å²) in [4.78, 5) is 30.2. The molecule has 0 bridgehead atoms. The third-order valence-corrected chi connectivity index (χ3v) is 7.73. The lowest BCUT2D eigenvalue weighted by atomic mass is 9.95. The van der Waals surface area contributed by atoms with Crippen molar-refractivity contribution in [3.05, 3.63) is 105 Å². The highest BCUT2D eigenvalue weighted by atomic mass is 79.9. The Morgan fingerprint density at radius 3 is 2.56 bits per heavy atom. The summed E-state index contributed by atoms with van der Waals surface area (Å²) in [6, 6.07) is 7.82. The van der Waals surface area contributed by atoms with Crippen LogP contribution in [0.15, 0.2) is 79.1 Å². The second-order valence-corrected chi connectivity index (χ2v) is 11.2. The number of hydrogen-bond acceptors (Lipinski definition) is 6. The molecule has 0 amide bonds. The van der Waals surface area contributed by atoms with E-state index in [1.165, 1.54) is 37.3 Å². The number of thiazole rings is 1. The predicted molar refractivity (Wildman–Crippen MR) is 150 cm³/mol. The first-order valence-corrected chi connectivity index (χ1v) is 14.0. The van der Waals surface area contributed by atoms with Crippen LogP contribution in [0.1, 0.15) is 24.1 Å². The summed E-state index contributed by atoms with van der Waals surface area (Å²) < 4.78 is 55.9. The molecule has 0 N–H and O–H groups in total. The van der Waals surface area contributed by atoms with Gasteiger partial charge in [-0.05, 0) is 58.8 Å². The first-order chi connectivity index (χ1) is 18.5. The van der Waals surface area contributed by atoms with Gasteiger partial charge in [0.1, 0.15) is 12.4 Å². The molecule has 0 aliphatic carbocycles. The van der Waals surface area contributed by atoms with Crippen LogP contribution in [0.2, 0.25) is 5.02 Å². The molecule has 2 heterocycles. The summed E-state index contributed by atoms with van der Waals surface area (Å²) in [5.74, 6) is -0.819. The molecule has 0 radical (unpaired) electrons. The van der Waals surface area contributed by atoms with Crippen LogP contribution < -0.4 is 19.6 Å². The maximum absolute atomic E-state index is 14.2. The topological polar surface area (TPSA) is 69.9 Å². The number of halogens is 6. The van der Waals surface area contributed by atoms with Gasteiger partial charge in [-0.15, -0.1) is 0 Å². The van der Waals surface area contributed by atoms with Gasteiger partial charge in [0.2, 0.25) is 0 Å². The van der Waals surface area contributed by atoms with Gasteiger partial charge >= 0.3 is 12.1 Å². The molecule has 3 aromatic rings. The van der Waals surface area contributed by atoms with Gasteiger partial charge in [0.15, 0.2) is 10.5 Å². The highest BCUT2D eigenvalue weighted by Gasteiger charge is 2.45. The Morgan fingerprint density at radius 1 is 1.26 bits per heavy atom. The number of rotatable bonds is 7. The number of carbonyl (C=O) groups excluding carboxylic acids is 1. The third-order valence-electron chi connectivity index (χ3n) is 5.45. The highest BCUT2D eigenvalue weighted by molar-refractivity contribution is 9.11. The standard InChI is InChI=1S/C26H18Br2ClF3N2O4S/c1-3-9-38-21-14(10-15(27)12-17(21)28)11-18-23(35)34-20(13-5-7-16(29)8-6-13)19(24(36)37-4-2)22(26(30,31)32)33-25(34)39-18/h3,5-8,10-12,20H,1,4,9H2,2H3/b18-11-/t20-/m1/s1. The minimum atomic E-state index is -5.00. The Morgan fingerprint density at radius 2 is 1.95 bits per heavy atom. The third kappa shape index (κ3) is 6.08. The Hall–Kier alpha value is -2.67. The minimum absolute atomic E-state index is 0.0767. The van der Waals surface area contributed by atoms with E-state index >= 15 is 0 Å². The number of nitrogens with zero attached hydrogens (tertiary/aromatic N) is 2. The van der Waals surface area contributed by atoms with E-state index < -0.39 is 35.0 Å².